The number of hydrogen-bond acceptors (Lipinski definition) is 10. The maximum atomic E-state index is 5.80. The zero-order valence-electron chi connectivity index (χ0n) is 37.7. The number of piperidine rings is 3. The summed E-state index contributed by atoms with van der Waals surface area (Å²) in [4.78, 5) is 22.2. The van der Waals surface area contributed by atoms with Gasteiger partial charge in [0.25, 0.3) is 0 Å². The molecule has 6 aliphatic rings. The zero-order chi connectivity index (χ0) is 39.3. The van der Waals surface area contributed by atoms with Crippen molar-refractivity contribution in [3.8, 4) is 0 Å². The van der Waals surface area contributed by atoms with Crippen molar-refractivity contribution in [3.05, 3.63) is 0 Å². The van der Waals surface area contributed by atoms with E-state index in [-0.39, 0.29) is 0 Å². The first-order valence-electron chi connectivity index (χ1n) is 24.4. The fraction of sp³-hybridized carbons (Fsp3) is 1.00. The van der Waals surface area contributed by atoms with E-state index in [1.165, 1.54) is 195 Å². The largest absolute Gasteiger partial charge is 0.377 e. The zero-order valence-corrected chi connectivity index (χ0v) is 37.7. The summed E-state index contributed by atoms with van der Waals surface area (Å²) < 4.78 is 5.80. The van der Waals surface area contributed by atoms with Crippen molar-refractivity contribution in [2.24, 2.45) is 11.8 Å². The fourth-order valence-electron chi connectivity index (χ4n) is 11.3. The van der Waals surface area contributed by atoms with Crippen LogP contribution >= 0.6 is 0 Å². The lowest BCUT2D eigenvalue weighted by Crippen LogP contribution is -2.55. The van der Waals surface area contributed by atoms with E-state index in [2.05, 4.69) is 86.1 Å². The molecule has 4 atom stereocenters. The van der Waals surface area contributed by atoms with Crippen LogP contribution in [0.25, 0.3) is 0 Å². The highest BCUT2D eigenvalue weighted by Gasteiger charge is 2.31. The van der Waals surface area contributed by atoms with Gasteiger partial charge >= 0.3 is 0 Å². The molecule has 0 saturated carbocycles. The van der Waals surface area contributed by atoms with Crippen molar-refractivity contribution in [3.63, 3.8) is 0 Å². The lowest BCUT2D eigenvalue weighted by molar-refractivity contribution is 0.0252. The van der Waals surface area contributed by atoms with E-state index in [0.717, 1.165) is 43.1 Å². The second kappa shape index (κ2) is 23.6. The SMILES string of the molecule is CC(C)OCCN1CCC(N2CCN(C(C)CCC(C)N3CCN(CC4CCN(C(C)CCC(C)N5CCC(CN6CCNCC6)CC5)CC4)CC3)CC2)CC1. The van der Waals surface area contributed by atoms with Gasteiger partial charge in [-0.05, 0) is 157 Å². The Morgan fingerprint density at radius 1 is 0.446 bits per heavy atom. The summed E-state index contributed by atoms with van der Waals surface area (Å²) in [6, 6.07) is 3.67. The van der Waals surface area contributed by atoms with E-state index >= 15 is 0 Å². The van der Waals surface area contributed by atoms with Crippen molar-refractivity contribution < 1.29 is 4.74 Å². The molecule has 1 N–H and O–H groups in total. The van der Waals surface area contributed by atoms with Crippen molar-refractivity contribution in [2.45, 2.75) is 142 Å². The van der Waals surface area contributed by atoms with Gasteiger partial charge in [0.1, 0.15) is 0 Å². The lowest BCUT2D eigenvalue weighted by atomic mass is 9.93. The third-order valence-corrected chi connectivity index (χ3v) is 15.7. The van der Waals surface area contributed by atoms with Crippen molar-refractivity contribution in [2.75, 3.05) is 144 Å². The topological polar surface area (TPSA) is 47.2 Å². The summed E-state index contributed by atoms with van der Waals surface area (Å²) in [5.74, 6) is 1.81. The molecule has 6 aliphatic heterocycles. The predicted molar refractivity (Wildman–Crippen MR) is 236 cm³/mol. The summed E-state index contributed by atoms with van der Waals surface area (Å²) in [5, 5.41) is 3.51. The molecule has 56 heavy (non-hydrogen) atoms. The number of nitrogens with one attached hydrogen (secondary N) is 1. The van der Waals surface area contributed by atoms with E-state index in [0.29, 0.717) is 18.2 Å². The molecule has 10 nitrogen and oxygen atoms in total. The van der Waals surface area contributed by atoms with Gasteiger partial charge in [0.2, 0.25) is 0 Å². The normalized spacial score (nSPS) is 27.9. The molecule has 0 amide bonds. The van der Waals surface area contributed by atoms with Crippen LogP contribution in [0.4, 0.5) is 0 Å². The number of rotatable bonds is 19. The molecule has 0 aliphatic carbocycles. The second-order valence-electron chi connectivity index (χ2n) is 20.0. The van der Waals surface area contributed by atoms with Gasteiger partial charge in [-0.1, -0.05) is 0 Å². The Bertz CT molecular complexity index is 1040. The Hall–Kier alpha value is -0.400. The van der Waals surface area contributed by atoms with Gasteiger partial charge in [0, 0.05) is 128 Å². The number of ether oxygens (including phenoxy) is 1. The Morgan fingerprint density at radius 2 is 0.857 bits per heavy atom. The summed E-state index contributed by atoms with van der Waals surface area (Å²) in [6.45, 7) is 41.7. The number of piperazine rings is 3. The maximum absolute atomic E-state index is 5.80. The molecular weight excluding hydrogens is 695 g/mol. The molecule has 6 heterocycles. The van der Waals surface area contributed by atoms with E-state index in [1.54, 1.807) is 0 Å². The van der Waals surface area contributed by atoms with Gasteiger partial charge in [0.05, 0.1) is 12.7 Å². The van der Waals surface area contributed by atoms with E-state index < -0.39 is 0 Å². The smallest absolute Gasteiger partial charge is 0.0596 e. The molecule has 0 aromatic rings. The summed E-state index contributed by atoms with van der Waals surface area (Å²) in [5.41, 5.74) is 0. The summed E-state index contributed by atoms with van der Waals surface area (Å²) in [7, 11) is 0. The van der Waals surface area contributed by atoms with Crippen molar-refractivity contribution in [1.29, 1.82) is 0 Å². The average molecular weight is 786 g/mol. The number of hydrogen-bond donors (Lipinski definition) is 1. The van der Waals surface area contributed by atoms with Gasteiger partial charge in [-0.3, -0.25) is 14.7 Å². The Labute approximate surface area is 346 Å². The Balaban J connectivity index is 0.772. The molecule has 0 aromatic carbocycles. The minimum Gasteiger partial charge on any atom is -0.377 e. The molecule has 0 aromatic heterocycles. The van der Waals surface area contributed by atoms with E-state index in [9.17, 15) is 0 Å². The molecule has 326 valence electrons. The quantitative estimate of drug-likeness (QED) is 0.202. The Kier molecular flexibility index (Phi) is 19.0. The van der Waals surface area contributed by atoms with Gasteiger partial charge in [0.15, 0.2) is 0 Å². The first-order valence-corrected chi connectivity index (χ1v) is 24.4. The number of likely N-dealkylation sites (tertiary alicyclic amines) is 3. The Morgan fingerprint density at radius 3 is 1.30 bits per heavy atom. The molecular formula is C46H91N9O. The van der Waals surface area contributed by atoms with Crippen LogP contribution in [0.15, 0.2) is 0 Å². The van der Waals surface area contributed by atoms with Crippen molar-refractivity contribution in [1.82, 2.24) is 44.5 Å². The van der Waals surface area contributed by atoms with Gasteiger partial charge in [-0.15, -0.1) is 0 Å². The van der Waals surface area contributed by atoms with Crippen LogP contribution in [0, 0.1) is 11.8 Å². The van der Waals surface area contributed by atoms with Gasteiger partial charge in [-0.2, -0.15) is 0 Å². The van der Waals surface area contributed by atoms with Gasteiger partial charge in [-0.25, -0.2) is 0 Å². The third kappa shape index (κ3) is 14.4. The molecule has 0 radical (unpaired) electrons. The van der Waals surface area contributed by atoms with E-state index in [4.69, 9.17) is 4.74 Å². The lowest BCUT2D eigenvalue weighted by Gasteiger charge is -2.44. The van der Waals surface area contributed by atoms with Crippen LogP contribution in [0.2, 0.25) is 0 Å². The second-order valence-corrected chi connectivity index (χ2v) is 20.0. The highest BCUT2D eigenvalue weighted by atomic mass is 16.5. The van der Waals surface area contributed by atoms with Crippen LogP contribution in [-0.2, 0) is 4.74 Å². The summed E-state index contributed by atoms with van der Waals surface area (Å²) in [6.07, 6.45) is 14.0. The molecule has 6 fully saturated rings. The van der Waals surface area contributed by atoms with Gasteiger partial charge < -0.3 is 34.6 Å². The minimum absolute atomic E-state index is 0.346. The standard InChI is InChI=1S/C46H91N9O/c1-39(2)56-36-35-48-19-15-46(16-20-48)55-33-31-54(32-34-55)43(6)10-9-42(5)53-29-27-50(28-30-53)38-45-13-23-52(24-14-45)41(4)8-7-40(3)51-21-11-44(12-22-51)37-49-25-17-47-18-26-49/h39-47H,7-38H2,1-6H3. The third-order valence-electron chi connectivity index (χ3n) is 15.7. The van der Waals surface area contributed by atoms with Crippen LogP contribution in [0.5, 0.6) is 0 Å². The average Bonchev–Trinajstić information content (AvgIpc) is 3.23. The minimum atomic E-state index is 0.346. The van der Waals surface area contributed by atoms with Crippen LogP contribution < -0.4 is 5.32 Å². The first-order chi connectivity index (χ1) is 27.2. The highest BCUT2D eigenvalue weighted by Crippen LogP contribution is 2.26. The van der Waals surface area contributed by atoms with Crippen LogP contribution in [-0.4, -0.2) is 220 Å². The molecule has 10 heteroatoms. The maximum Gasteiger partial charge on any atom is 0.0596 e. The van der Waals surface area contributed by atoms with E-state index in [1.807, 2.05) is 0 Å². The van der Waals surface area contributed by atoms with Crippen LogP contribution in [0.1, 0.15) is 106 Å². The fourth-order valence-corrected chi connectivity index (χ4v) is 11.3. The monoisotopic (exact) mass is 786 g/mol. The number of nitrogens with zero attached hydrogens (tertiary/aromatic N) is 8. The highest BCUT2D eigenvalue weighted by molar-refractivity contribution is 4.87. The first kappa shape index (κ1) is 45.1. The molecule has 6 saturated heterocycles. The molecule has 0 bridgehead atoms. The van der Waals surface area contributed by atoms with Crippen LogP contribution in [0.3, 0.4) is 0 Å². The van der Waals surface area contributed by atoms with Crippen molar-refractivity contribution >= 4 is 0 Å². The molecule has 4 unspecified atom stereocenters. The predicted octanol–water partition coefficient (Wildman–Crippen LogP) is 4.55. The summed E-state index contributed by atoms with van der Waals surface area (Å²) >= 11 is 0. The molecule has 0 spiro atoms. The molecule has 6 rings (SSSR count).